The second kappa shape index (κ2) is 10.6. The third-order valence-electron chi connectivity index (χ3n) is 6.45. The van der Waals surface area contributed by atoms with Crippen molar-refractivity contribution in [1.29, 1.82) is 0 Å². The second-order valence-electron chi connectivity index (χ2n) is 8.81. The summed E-state index contributed by atoms with van der Waals surface area (Å²) in [6.45, 7) is 6.25. The molecule has 7 heteroatoms. The molecule has 2 heterocycles. The van der Waals surface area contributed by atoms with Gasteiger partial charge in [0.25, 0.3) is 11.5 Å². The predicted octanol–water partition coefficient (Wildman–Crippen LogP) is 2.93. The first kappa shape index (κ1) is 23.0. The molecule has 1 saturated heterocycles. The molecule has 178 valence electrons. The number of aromatic nitrogens is 2. The number of hydrogen-bond donors (Lipinski definition) is 1. The van der Waals surface area contributed by atoms with Crippen molar-refractivity contribution >= 4 is 16.7 Å². The summed E-state index contributed by atoms with van der Waals surface area (Å²) in [5.41, 5.74) is 1.99. The highest BCUT2D eigenvalue weighted by molar-refractivity contribution is 6.04. The molecule has 0 radical (unpaired) electrons. The van der Waals surface area contributed by atoms with Crippen LogP contribution >= 0.6 is 0 Å². The Hall–Kier alpha value is -3.81. The minimum Gasteiger partial charge on any atom is -0.349 e. The Bertz CT molecular complexity index is 1350. The molecule has 4 aromatic rings. The Kier molecular flexibility index (Phi) is 6.97. The zero-order valence-corrected chi connectivity index (χ0v) is 19.6. The van der Waals surface area contributed by atoms with E-state index in [-0.39, 0.29) is 17.2 Å². The molecule has 3 aromatic carbocycles. The summed E-state index contributed by atoms with van der Waals surface area (Å²) in [4.78, 5) is 31.0. The number of para-hydroxylation sites is 1. The Morgan fingerprint density at radius 2 is 1.37 bits per heavy atom. The first-order valence-electron chi connectivity index (χ1n) is 12.0. The molecule has 1 aliphatic rings. The smallest absolute Gasteiger partial charge is 0.279 e. The number of amides is 1. The molecular weight excluding hydrogens is 438 g/mol. The molecule has 5 rings (SSSR count). The average molecular weight is 468 g/mol. The van der Waals surface area contributed by atoms with Gasteiger partial charge in [0.1, 0.15) is 0 Å². The fourth-order valence-corrected chi connectivity index (χ4v) is 4.53. The number of piperazine rings is 1. The molecule has 0 saturated carbocycles. The van der Waals surface area contributed by atoms with Crippen molar-refractivity contribution in [3.8, 4) is 5.69 Å². The van der Waals surface area contributed by atoms with Crippen LogP contribution in [0.25, 0.3) is 16.5 Å². The average Bonchev–Trinajstić information content (AvgIpc) is 2.91. The highest BCUT2D eigenvalue weighted by Gasteiger charge is 2.19. The van der Waals surface area contributed by atoms with E-state index in [0.717, 1.165) is 39.3 Å². The van der Waals surface area contributed by atoms with Crippen molar-refractivity contribution in [2.75, 3.05) is 39.3 Å². The van der Waals surface area contributed by atoms with Crippen LogP contribution < -0.4 is 10.9 Å². The molecule has 0 aliphatic carbocycles. The molecule has 0 atom stereocenters. The van der Waals surface area contributed by atoms with Gasteiger partial charge in [0.15, 0.2) is 5.69 Å². The summed E-state index contributed by atoms with van der Waals surface area (Å²) in [5.74, 6) is -0.270. The van der Waals surface area contributed by atoms with Crippen LogP contribution in [0.1, 0.15) is 16.1 Å². The van der Waals surface area contributed by atoms with Crippen LogP contribution in [0.15, 0.2) is 89.7 Å². The van der Waals surface area contributed by atoms with Crippen LogP contribution in [-0.4, -0.2) is 64.8 Å². The maximum absolute atomic E-state index is 13.1. The number of carbonyl (C=O) groups is 1. The van der Waals surface area contributed by atoms with Crippen LogP contribution in [0.4, 0.5) is 0 Å². The normalized spacial score (nSPS) is 14.7. The van der Waals surface area contributed by atoms with E-state index in [4.69, 9.17) is 0 Å². The van der Waals surface area contributed by atoms with E-state index in [1.807, 2.05) is 42.5 Å². The van der Waals surface area contributed by atoms with Gasteiger partial charge < -0.3 is 5.32 Å². The molecular formula is C28H29N5O2. The summed E-state index contributed by atoms with van der Waals surface area (Å²) in [7, 11) is 0. The Morgan fingerprint density at radius 1 is 0.771 bits per heavy atom. The van der Waals surface area contributed by atoms with Crippen LogP contribution in [0.2, 0.25) is 0 Å². The van der Waals surface area contributed by atoms with Gasteiger partial charge in [-0.2, -0.15) is 9.78 Å². The first-order chi connectivity index (χ1) is 17.2. The van der Waals surface area contributed by atoms with E-state index < -0.39 is 0 Å². The molecule has 7 nitrogen and oxygen atoms in total. The van der Waals surface area contributed by atoms with Crippen LogP contribution in [0.5, 0.6) is 0 Å². The van der Waals surface area contributed by atoms with Crippen LogP contribution in [0.3, 0.4) is 0 Å². The lowest BCUT2D eigenvalue weighted by Gasteiger charge is -2.34. The molecule has 1 N–H and O–H groups in total. The molecule has 0 unspecified atom stereocenters. The topological polar surface area (TPSA) is 70.5 Å². The van der Waals surface area contributed by atoms with Crippen LogP contribution in [-0.2, 0) is 6.54 Å². The monoisotopic (exact) mass is 467 g/mol. The number of nitrogens with zero attached hydrogens (tertiary/aromatic N) is 4. The molecule has 0 bridgehead atoms. The minimum absolute atomic E-state index is 0.239. The number of hydrogen-bond acceptors (Lipinski definition) is 5. The lowest BCUT2D eigenvalue weighted by Crippen LogP contribution is -2.48. The predicted molar refractivity (Wildman–Crippen MR) is 138 cm³/mol. The number of nitrogens with one attached hydrogen (secondary N) is 1. The van der Waals surface area contributed by atoms with Gasteiger partial charge in [0, 0.05) is 51.2 Å². The van der Waals surface area contributed by atoms with Gasteiger partial charge in [-0.05, 0) is 23.8 Å². The molecule has 1 fully saturated rings. The van der Waals surface area contributed by atoms with Crippen molar-refractivity contribution in [2.45, 2.75) is 6.54 Å². The summed E-state index contributed by atoms with van der Waals surface area (Å²) in [5, 5.41) is 8.52. The van der Waals surface area contributed by atoms with Crippen molar-refractivity contribution in [3.63, 3.8) is 0 Å². The van der Waals surface area contributed by atoms with Crippen molar-refractivity contribution in [1.82, 2.24) is 24.9 Å². The summed E-state index contributed by atoms with van der Waals surface area (Å²) >= 11 is 0. The fraction of sp³-hybridized carbons (Fsp3) is 0.250. The summed E-state index contributed by atoms with van der Waals surface area (Å²) < 4.78 is 1.31. The van der Waals surface area contributed by atoms with Gasteiger partial charge in [-0.25, -0.2) is 0 Å². The van der Waals surface area contributed by atoms with Gasteiger partial charge >= 0.3 is 0 Å². The minimum atomic E-state index is -0.270. The number of carbonyl (C=O) groups excluding carboxylic acids is 1. The van der Waals surface area contributed by atoms with Crippen molar-refractivity contribution < 1.29 is 4.79 Å². The van der Waals surface area contributed by atoms with E-state index >= 15 is 0 Å². The Labute approximate surface area is 204 Å². The zero-order valence-electron chi connectivity index (χ0n) is 19.6. The Morgan fingerprint density at radius 3 is 2.09 bits per heavy atom. The summed E-state index contributed by atoms with van der Waals surface area (Å²) in [6.07, 6.45) is 0. The third kappa shape index (κ3) is 5.31. The molecule has 1 amide bonds. The van der Waals surface area contributed by atoms with Crippen LogP contribution in [0, 0.1) is 0 Å². The van der Waals surface area contributed by atoms with Gasteiger partial charge in [-0.1, -0.05) is 66.7 Å². The largest absolute Gasteiger partial charge is 0.349 e. The van der Waals surface area contributed by atoms with Gasteiger partial charge in [0.05, 0.1) is 11.1 Å². The van der Waals surface area contributed by atoms with Gasteiger partial charge in [-0.3, -0.25) is 19.4 Å². The van der Waals surface area contributed by atoms with E-state index in [2.05, 4.69) is 44.5 Å². The SMILES string of the molecule is O=C(NCCN1CCN(Cc2ccccc2)CC1)c1nn(-c2ccccc2)c(=O)c2ccccc12. The first-order valence-corrected chi connectivity index (χ1v) is 12.0. The highest BCUT2D eigenvalue weighted by Crippen LogP contribution is 2.15. The maximum Gasteiger partial charge on any atom is 0.279 e. The molecule has 0 spiro atoms. The van der Waals surface area contributed by atoms with E-state index in [9.17, 15) is 9.59 Å². The second-order valence-corrected chi connectivity index (χ2v) is 8.81. The molecule has 35 heavy (non-hydrogen) atoms. The lowest BCUT2D eigenvalue weighted by atomic mass is 10.1. The number of benzene rings is 3. The standard InChI is InChI=1S/C28H29N5O2/c34-27(29-15-16-31-17-19-32(20-18-31)21-22-9-3-1-4-10-22)26-24-13-7-8-14-25(24)28(35)33(30-26)23-11-5-2-6-12-23/h1-14H,15-21H2,(H,29,34). The maximum atomic E-state index is 13.1. The third-order valence-corrected chi connectivity index (χ3v) is 6.45. The summed E-state index contributed by atoms with van der Waals surface area (Å²) in [6, 6.07) is 26.9. The number of rotatable bonds is 7. The van der Waals surface area contributed by atoms with E-state index in [0.29, 0.717) is 23.0 Å². The van der Waals surface area contributed by atoms with Crippen molar-refractivity contribution in [2.24, 2.45) is 0 Å². The molecule has 1 aliphatic heterocycles. The lowest BCUT2D eigenvalue weighted by molar-refractivity contribution is 0.0929. The van der Waals surface area contributed by atoms with E-state index in [1.54, 1.807) is 18.2 Å². The zero-order chi connectivity index (χ0) is 24.0. The van der Waals surface area contributed by atoms with Gasteiger partial charge in [0.2, 0.25) is 0 Å². The quantitative estimate of drug-likeness (QED) is 0.453. The van der Waals surface area contributed by atoms with Crippen molar-refractivity contribution in [3.05, 3.63) is 107 Å². The number of fused-ring (bicyclic) bond motifs is 1. The molecule has 1 aromatic heterocycles. The fourth-order valence-electron chi connectivity index (χ4n) is 4.53. The highest BCUT2D eigenvalue weighted by atomic mass is 16.2. The Balaban J connectivity index is 1.22. The van der Waals surface area contributed by atoms with Gasteiger partial charge in [-0.15, -0.1) is 0 Å². The van der Waals surface area contributed by atoms with E-state index in [1.165, 1.54) is 10.2 Å².